The summed E-state index contributed by atoms with van der Waals surface area (Å²) in [6, 6.07) is 6.49. The number of carboxylic acids is 1. The third kappa shape index (κ3) is 3.96. The number of sulfone groups is 1. The highest BCUT2D eigenvalue weighted by Gasteiger charge is 2.15. The topological polar surface area (TPSA) is 74.7 Å². The molecule has 1 aromatic rings. The third-order valence-electron chi connectivity index (χ3n) is 2.99. The van der Waals surface area contributed by atoms with E-state index in [1.54, 1.807) is 50.1 Å². The van der Waals surface area contributed by atoms with Crippen LogP contribution in [0.25, 0.3) is 0 Å². The Bertz CT molecular complexity index is 536. The van der Waals surface area contributed by atoms with Crippen LogP contribution in [0.4, 0.5) is 5.69 Å². The first-order valence-electron chi connectivity index (χ1n) is 6.04. The molecule has 0 aliphatic rings. The van der Waals surface area contributed by atoms with Crippen molar-refractivity contribution >= 4 is 21.5 Å². The summed E-state index contributed by atoms with van der Waals surface area (Å²) >= 11 is 0. The van der Waals surface area contributed by atoms with Crippen molar-refractivity contribution in [2.45, 2.75) is 18.7 Å². The standard InChI is InChI=1S/C13H19NO4S/c1-4-19(17,18)12-7-5-11(6-8-12)14(3)9-10(2)13(15)16/h5-8,10H,4,9H2,1-3H3,(H,15,16). The van der Waals surface area contributed by atoms with E-state index in [1.165, 1.54) is 0 Å². The Hall–Kier alpha value is -1.56. The molecule has 0 aliphatic carbocycles. The van der Waals surface area contributed by atoms with E-state index in [1.807, 2.05) is 0 Å². The lowest BCUT2D eigenvalue weighted by Gasteiger charge is -2.21. The molecule has 0 aliphatic heterocycles. The second-order valence-electron chi connectivity index (χ2n) is 4.52. The van der Waals surface area contributed by atoms with Crippen molar-refractivity contribution in [1.82, 2.24) is 0 Å². The predicted molar refractivity (Wildman–Crippen MR) is 74.2 cm³/mol. The number of benzene rings is 1. The zero-order chi connectivity index (χ0) is 14.6. The Balaban J connectivity index is 2.85. The maximum atomic E-state index is 11.7. The van der Waals surface area contributed by atoms with E-state index >= 15 is 0 Å². The Morgan fingerprint density at radius 2 is 1.84 bits per heavy atom. The van der Waals surface area contributed by atoms with Crippen LogP contribution in [0.3, 0.4) is 0 Å². The number of aliphatic carboxylic acids is 1. The van der Waals surface area contributed by atoms with Gasteiger partial charge < -0.3 is 10.0 Å². The molecule has 1 aromatic carbocycles. The Morgan fingerprint density at radius 3 is 2.26 bits per heavy atom. The summed E-state index contributed by atoms with van der Waals surface area (Å²) in [7, 11) is -1.41. The van der Waals surface area contributed by atoms with Crippen LogP contribution in [-0.2, 0) is 14.6 Å². The maximum absolute atomic E-state index is 11.7. The van der Waals surface area contributed by atoms with Crippen molar-refractivity contribution in [2.24, 2.45) is 5.92 Å². The third-order valence-corrected chi connectivity index (χ3v) is 4.74. The van der Waals surface area contributed by atoms with E-state index in [-0.39, 0.29) is 5.75 Å². The van der Waals surface area contributed by atoms with E-state index in [0.717, 1.165) is 5.69 Å². The van der Waals surface area contributed by atoms with Gasteiger partial charge in [-0.2, -0.15) is 0 Å². The number of hydrogen-bond donors (Lipinski definition) is 1. The summed E-state index contributed by atoms with van der Waals surface area (Å²) in [4.78, 5) is 12.9. The Morgan fingerprint density at radius 1 is 1.32 bits per heavy atom. The van der Waals surface area contributed by atoms with Crippen LogP contribution in [0.15, 0.2) is 29.2 Å². The van der Waals surface area contributed by atoms with Crippen molar-refractivity contribution in [1.29, 1.82) is 0 Å². The average molecular weight is 285 g/mol. The first-order chi connectivity index (χ1) is 8.77. The van der Waals surface area contributed by atoms with Gasteiger partial charge in [-0.1, -0.05) is 13.8 Å². The quantitative estimate of drug-likeness (QED) is 0.860. The fourth-order valence-corrected chi connectivity index (χ4v) is 2.55. The number of nitrogens with zero attached hydrogens (tertiary/aromatic N) is 1. The fraction of sp³-hybridized carbons (Fsp3) is 0.462. The number of rotatable bonds is 6. The minimum absolute atomic E-state index is 0.0677. The van der Waals surface area contributed by atoms with Crippen molar-refractivity contribution in [3.8, 4) is 0 Å². The Kier molecular flexibility index (Phi) is 4.94. The molecule has 0 aromatic heterocycles. The van der Waals surface area contributed by atoms with E-state index in [9.17, 15) is 13.2 Å². The minimum atomic E-state index is -3.19. The van der Waals surface area contributed by atoms with Crippen molar-refractivity contribution in [3.63, 3.8) is 0 Å². The second-order valence-corrected chi connectivity index (χ2v) is 6.80. The number of carboxylic acid groups (broad SMARTS) is 1. The van der Waals surface area contributed by atoms with Crippen LogP contribution >= 0.6 is 0 Å². The van der Waals surface area contributed by atoms with Crippen LogP contribution < -0.4 is 4.90 Å². The average Bonchev–Trinajstić information content (AvgIpc) is 2.38. The molecule has 1 N–H and O–H groups in total. The molecule has 0 saturated carbocycles. The normalized spacial score (nSPS) is 13.0. The van der Waals surface area contributed by atoms with Crippen molar-refractivity contribution in [2.75, 3.05) is 24.2 Å². The van der Waals surface area contributed by atoms with Gasteiger partial charge in [0.2, 0.25) is 0 Å². The molecular formula is C13H19NO4S. The highest BCUT2D eigenvalue weighted by atomic mass is 32.2. The molecular weight excluding hydrogens is 266 g/mol. The molecule has 1 unspecified atom stereocenters. The second kappa shape index (κ2) is 6.06. The van der Waals surface area contributed by atoms with Crippen molar-refractivity contribution in [3.05, 3.63) is 24.3 Å². The summed E-state index contributed by atoms with van der Waals surface area (Å²) in [6.45, 7) is 3.61. The summed E-state index contributed by atoms with van der Waals surface area (Å²) in [5.74, 6) is -1.26. The fourth-order valence-electron chi connectivity index (χ4n) is 1.67. The first kappa shape index (κ1) is 15.5. The molecule has 106 valence electrons. The van der Waals surface area contributed by atoms with Crippen LogP contribution in [0.1, 0.15) is 13.8 Å². The van der Waals surface area contributed by atoms with Gasteiger partial charge in [-0.3, -0.25) is 4.79 Å². The monoisotopic (exact) mass is 285 g/mol. The molecule has 0 saturated heterocycles. The van der Waals surface area contributed by atoms with Crippen LogP contribution in [-0.4, -0.2) is 38.8 Å². The summed E-state index contributed by atoms with van der Waals surface area (Å²) in [5, 5.41) is 8.85. The molecule has 19 heavy (non-hydrogen) atoms. The number of hydrogen-bond acceptors (Lipinski definition) is 4. The van der Waals surface area contributed by atoms with Gasteiger partial charge in [-0.25, -0.2) is 8.42 Å². The first-order valence-corrected chi connectivity index (χ1v) is 7.70. The smallest absolute Gasteiger partial charge is 0.308 e. The molecule has 6 heteroatoms. The van der Waals surface area contributed by atoms with E-state index in [2.05, 4.69) is 0 Å². The zero-order valence-electron chi connectivity index (χ0n) is 11.3. The lowest BCUT2D eigenvalue weighted by atomic mass is 10.1. The van der Waals surface area contributed by atoms with Gasteiger partial charge in [-0.05, 0) is 24.3 Å². The van der Waals surface area contributed by atoms with Gasteiger partial charge in [0.15, 0.2) is 9.84 Å². The highest BCUT2D eigenvalue weighted by Crippen LogP contribution is 2.18. The van der Waals surface area contributed by atoms with Crippen LogP contribution in [0.2, 0.25) is 0 Å². The lowest BCUT2D eigenvalue weighted by Crippen LogP contribution is -2.28. The summed E-state index contributed by atoms with van der Waals surface area (Å²) in [5.41, 5.74) is 0.795. The molecule has 0 heterocycles. The van der Waals surface area contributed by atoms with Gasteiger partial charge in [0, 0.05) is 19.3 Å². The largest absolute Gasteiger partial charge is 0.481 e. The van der Waals surface area contributed by atoms with Gasteiger partial charge in [0.05, 0.1) is 16.6 Å². The summed E-state index contributed by atoms with van der Waals surface area (Å²) in [6.07, 6.45) is 0. The Labute approximate surface area is 113 Å². The number of anilines is 1. The van der Waals surface area contributed by atoms with Gasteiger partial charge in [-0.15, -0.1) is 0 Å². The SMILES string of the molecule is CCS(=O)(=O)c1ccc(N(C)CC(C)C(=O)O)cc1. The molecule has 1 atom stereocenters. The minimum Gasteiger partial charge on any atom is -0.481 e. The van der Waals surface area contributed by atoms with Gasteiger partial charge in [0.25, 0.3) is 0 Å². The van der Waals surface area contributed by atoms with Crippen LogP contribution in [0.5, 0.6) is 0 Å². The summed E-state index contributed by atoms with van der Waals surface area (Å²) < 4.78 is 23.3. The molecule has 1 rings (SSSR count). The lowest BCUT2D eigenvalue weighted by molar-refractivity contribution is -0.140. The molecule has 0 spiro atoms. The van der Waals surface area contributed by atoms with E-state index in [0.29, 0.717) is 11.4 Å². The van der Waals surface area contributed by atoms with Gasteiger partial charge >= 0.3 is 5.97 Å². The molecule has 0 fully saturated rings. The molecule has 0 radical (unpaired) electrons. The molecule has 0 amide bonds. The number of carbonyl (C=O) groups is 1. The maximum Gasteiger partial charge on any atom is 0.308 e. The van der Waals surface area contributed by atoms with Gasteiger partial charge in [0.1, 0.15) is 0 Å². The van der Waals surface area contributed by atoms with E-state index in [4.69, 9.17) is 5.11 Å². The zero-order valence-corrected chi connectivity index (χ0v) is 12.1. The molecule has 0 bridgehead atoms. The molecule has 5 nitrogen and oxygen atoms in total. The predicted octanol–water partition coefficient (Wildman–Crippen LogP) is 1.64. The van der Waals surface area contributed by atoms with E-state index < -0.39 is 21.7 Å². The highest BCUT2D eigenvalue weighted by molar-refractivity contribution is 7.91. The van der Waals surface area contributed by atoms with Crippen molar-refractivity contribution < 1.29 is 18.3 Å². The van der Waals surface area contributed by atoms with Crippen LogP contribution in [0, 0.1) is 5.92 Å².